The predicted molar refractivity (Wildman–Crippen MR) is 110 cm³/mol. The number of carboxylic acids is 1. The van der Waals surface area contributed by atoms with Gasteiger partial charge >= 0.3 is 5.97 Å². The third kappa shape index (κ3) is 2.95. The van der Waals surface area contributed by atoms with Crippen molar-refractivity contribution in [2.45, 2.75) is 89.9 Å². The lowest BCUT2D eigenvalue weighted by Crippen LogP contribution is -2.60. The van der Waals surface area contributed by atoms with Crippen molar-refractivity contribution in [3.63, 3.8) is 0 Å². The number of allylic oxidation sites excluding steroid dienone is 1. The van der Waals surface area contributed by atoms with Gasteiger partial charge in [-0.2, -0.15) is 0 Å². The first-order valence-electron chi connectivity index (χ1n) is 11.5. The van der Waals surface area contributed by atoms with Crippen molar-refractivity contribution in [2.75, 3.05) is 13.7 Å². The standard InChI is InChI=1S/C24H38O5/c1-5-29-16-8-11-22(2)15(14-16)6-7-17-18(22)9-12-23(3)19(17)10-13-24(23,27)20(28-4)21(25)26/h6,16-20,27H,5,7-14H2,1-4H3,(H,25,26)/t16-,17+,18-,19-,20?,22-,23-,24+/m0/s1. The molecular formula is C24H38O5. The Morgan fingerprint density at radius 3 is 2.59 bits per heavy atom. The molecule has 29 heavy (non-hydrogen) atoms. The lowest BCUT2D eigenvalue weighted by Gasteiger charge is -2.59. The average Bonchev–Trinajstić information content (AvgIpc) is 2.94. The first-order chi connectivity index (χ1) is 13.7. The van der Waals surface area contributed by atoms with Crippen LogP contribution in [0.3, 0.4) is 0 Å². The molecule has 4 aliphatic rings. The number of hydrogen-bond donors (Lipinski definition) is 2. The van der Waals surface area contributed by atoms with Crippen molar-refractivity contribution in [1.29, 1.82) is 0 Å². The lowest BCUT2D eigenvalue weighted by atomic mass is 9.46. The summed E-state index contributed by atoms with van der Waals surface area (Å²) in [6.45, 7) is 7.44. The predicted octanol–water partition coefficient (Wildman–Crippen LogP) is 4.19. The van der Waals surface area contributed by atoms with Gasteiger partial charge in [0.1, 0.15) is 5.60 Å². The van der Waals surface area contributed by atoms with E-state index < -0.39 is 23.1 Å². The third-order valence-electron chi connectivity index (χ3n) is 9.57. The van der Waals surface area contributed by atoms with Gasteiger partial charge < -0.3 is 19.7 Å². The molecule has 0 amide bonds. The van der Waals surface area contributed by atoms with Gasteiger partial charge in [-0.25, -0.2) is 4.79 Å². The Morgan fingerprint density at radius 1 is 1.21 bits per heavy atom. The molecule has 4 aliphatic carbocycles. The van der Waals surface area contributed by atoms with Crippen LogP contribution in [0.25, 0.3) is 0 Å². The molecule has 0 aromatic rings. The highest BCUT2D eigenvalue weighted by Gasteiger charge is 2.67. The number of hydrogen-bond acceptors (Lipinski definition) is 4. The summed E-state index contributed by atoms with van der Waals surface area (Å²) in [5, 5.41) is 21.3. The Labute approximate surface area is 174 Å². The van der Waals surface area contributed by atoms with Gasteiger partial charge in [0.25, 0.3) is 0 Å². The summed E-state index contributed by atoms with van der Waals surface area (Å²) >= 11 is 0. The molecule has 0 aliphatic heterocycles. The van der Waals surface area contributed by atoms with E-state index in [-0.39, 0.29) is 5.41 Å². The van der Waals surface area contributed by atoms with Crippen LogP contribution in [-0.2, 0) is 14.3 Å². The van der Waals surface area contributed by atoms with E-state index in [0.29, 0.717) is 30.3 Å². The van der Waals surface area contributed by atoms with Gasteiger partial charge in [-0.15, -0.1) is 0 Å². The number of rotatable bonds is 5. The van der Waals surface area contributed by atoms with E-state index in [1.54, 1.807) is 5.57 Å². The second-order valence-electron chi connectivity index (χ2n) is 10.5. The van der Waals surface area contributed by atoms with Crippen molar-refractivity contribution < 1.29 is 24.5 Å². The Balaban J connectivity index is 1.62. The van der Waals surface area contributed by atoms with Gasteiger partial charge in [0, 0.05) is 19.1 Å². The van der Waals surface area contributed by atoms with Crippen LogP contribution in [0.1, 0.15) is 72.1 Å². The van der Waals surface area contributed by atoms with E-state index in [0.717, 1.165) is 45.1 Å². The smallest absolute Gasteiger partial charge is 0.335 e. The van der Waals surface area contributed by atoms with Gasteiger partial charge in [-0.05, 0) is 81.5 Å². The maximum Gasteiger partial charge on any atom is 0.335 e. The number of methoxy groups -OCH3 is 1. The van der Waals surface area contributed by atoms with Gasteiger partial charge in [0.2, 0.25) is 0 Å². The van der Waals surface area contributed by atoms with Gasteiger partial charge in [-0.3, -0.25) is 0 Å². The van der Waals surface area contributed by atoms with Crippen LogP contribution in [-0.4, -0.2) is 47.7 Å². The van der Waals surface area contributed by atoms with Crippen LogP contribution >= 0.6 is 0 Å². The minimum atomic E-state index is -1.29. The molecule has 2 N–H and O–H groups in total. The number of ether oxygens (including phenoxy) is 2. The largest absolute Gasteiger partial charge is 0.479 e. The number of carbonyl (C=O) groups is 1. The fourth-order valence-corrected chi connectivity index (χ4v) is 7.99. The van der Waals surface area contributed by atoms with Crippen molar-refractivity contribution in [3.8, 4) is 0 Å². The first-order valence-corrected chi connectivity index (χ1v) is 11.5. The number of aliphatic hydroxyl groups is 1. The fourth-order valence-electron chi connectivity index (χ4n) is 7.99. The van der Waals surface area contributed by atoms with Gasteiger partial charge in [0.15, 0.2) is 6.10 Å². The Hall–Kier alpha value is -0.910. The van der Waals surface area contributed by atoms with Crippen LogP contribution < -0.4 is 0 Å². The molecule has 3 saturated carbocycles. The topological polar surface area (TPSA) is 76.0 Å². The molecule has 0 bridgehead atoms. The monoisotopic (exact) mass is 406 g/mol. The van der Waals surface area contributed by atoms with Crippen LogP contribution in [0.15, 0.2) is 11.6 Å². The zero-order valence-corrected chi connectivity index (χ0v) is 18.4. The Morgan fingerprint density at radius 2 is 1.93 bits per heavy atom. The van der Waals surface area contributed by atoms with Gasteiger partial charge in [-0.1, -0.05) is 25.5 Å². The Kier molecular flexibility index (Phi) is 5.40. The van der Waals surface area contributed by atoms with E-state index in [1.165, 1.54) is 13.5 Å². The van der Waals surface area contributed by atoms with Crippen molar-refractivity contribution in [3.05, 3.63) is 11.6 Å². The lowest BCUT2D eigenvalue weighted by molar-refractivity contribution is -0.199. The molecule has 5 heteroatoms. The van der Waals surface area contributed by atoms with Crippen LogP contribution in [0.5, 0.6) is 0 Å². The van der Waals surface area contributed by atoms with Gasteiger partial charge in [0.05, 0.1) is 6.10 Å². The zero-order chi connectivity index (χ0) is 21.0. The van der Waals surface area contributed by atoms with E-state index in [1.807, 2.05) is 0 Å². The molecule has 0 saturated heterocycles. The molecule has 0 aromatic heterocycles. The van der Waals surface area contributed by atoms with E-state index in [4.69, 9.17) is 9.47 Å². The SMILES string of the molecule is CCO[C@H]1CC[C@@]2(C)C(=CC[C@@H]3[C@@H]2CC[C@@]2(C)[C@H]3CC[C@@]2(O)C(OC)C(=O)O)C1. The number of aliphatic carboxylic acids is 1. The summed E-state index contributed by atoms with van der Waals surface area (Å²) in [5.41, 5.74) is 0.116. The maximum atomic E-state index is 11.8. The quantitative estimate of drug-likeness (QED) is 0.670. The Bertz CT molecular complexity index is 689. The second-order valence-corrected chi connectivity index (χ2v) is 10.5. The first kappa shape index (κ1) is 21.3. The maximum absolute atomic E-state index is 11.8. The molecule has 0 radical (unpaired) electrons. The van der Waals surface area contributed by atoms with Crippen molar-refractivity contribution in [1.82, 2.24) is 0 Å². The molecule has 8 atom stereocenters. The third-order valence-corrected chi connectivity index (χ3v) is 9.57. The highest BCUT2D eigenvalue weighted by molar-refractivity contribution is 5.74. The van der Waals surface area contributed by atoms with Crippen molar-refractivity contribution >= 4 is 5.97 Å². The molecular weight excluding hydrogens is 368 g/mol. The summed E-state index contributed by atoms with van der Waals surface area (Å²) in [7, 11) is 1.41. The highest BCUT2D eigenvalue weighted by atomic mass is 16.5. The highest BCUT2D eigenvalue weighted by Crippen LogP contribution is 2.67. The summed E-state index contributed by atoms with van der Waals surface area (Å²) in [5.74, 6) is 0.441. The summed E-state index contributed by atoms with van der Waals surface area (Å²) in [4.78, 5) is 11.8. The van der Waals surface area contributed by atoms with Crippen LogP contribution in [0.4, 0.5) is 0 Å². The van der Waals surface area contributed by atoms with E-state index in [2.05, 4.69) is 26.8 Å². The molecule has 0 aromatic carbocycles. The fraction of sp³-hybridized carbons (Fsp3) is 0.875. The molecule has 0 heterocycles. The molecule has 0 spiro atoms. The van der Waals surface area contributed by atoms with Crippen molar-refractivity contribution in [2.24, 2.45) is 28.6 Å². The molecule has 164 valence electrons. The van der Waals surface area contributed by atoms with Crippen LogP contribution in [0, 0.1) is 28.6 Å². The van der Waals surface area contributed by atoms with E-state index >= 15 is 0 Å². The second kappa shape index (κ2) is 7.35. The minimum Gasteiger partial charge on any atom is -0.479 e. The average molecular weight is 407 g/mol. The molecule has 5 nitrogen and oxygen atoms in total. The minimum absolute atomic E-state index is 0.228. The van der Waals surface area contributed by atoms with E-state index in [9.17, 15) is 15.0 Å². The van der Waals surface area contributed by atoms with Crippen LogP contribution in [0.2, 0.25) is 0 Å². The molecule has 1 unspecified atom stereocenters. The normalized spacial score (nSPS) is 47.6. The summed E-state index contributed by atoms with van der Waals surface area (Å²) < 4.78 is 11.3. The summed E-state index contributed by atoms with van der Waals surface area (Å²) in [6, 6.07) is 0. The molecule has 3 fully saturated rings. The number of carboxylic acid groups (broad SMARTS) is 1. The summed E-state index contributed by atoms with van der Waals surface area (Å²) in [6.07, 6.45) is 9.43. The molecule has 4 rings (SSSR count). The number of fused-ring (bicyclic) bond motifs is 5. The zero-order valence-electron chi connectivity index (χ0n) is 18.4.